The minimum atomic E-state index is -0.533. The number of para-hydroxylation sites is 1. The normalized spacial score (nSPS) is 15.8. The average molecular weight is 408 g/mol. The third kappa shape index (κ3) is 3.35. The number of hydrogen-bond acceptors (Lipinski definition) is 3. The van der Waals surface area contributed by atoms with E-state index in [-0.39, 0.29) is 10.7 Å². The smallest absolute Gasteiger partial charge is 0.270 e. The van der Waals surface area contributed by atoms with Crippen LogP contribution in [0.25, 0.3) is 11.8 Å². The van der Waals surface area contributed by atoms with Gasteiger partial charge in [0.1, 0.15) is 5.57 Å². The maximum absolute atomic E-state index is 13.1. The monoisotopic (exact) mass is 407 g/mol. The van der Waals surface area contributed by atoms with Gasteiger partial charge in [-0.15, -0.1) is 0 Å². The molecule has 28 heavy (non-hydrogen) atoms. The average Bonchev–Trinajstić information content (AvgIpc) is 3.14. The van der Waals surface area contributed by atoms with Crippen LogP contribution in [0.1, 0.15) is 5.69 Å². The minimum Gasteiger partial charge on any atom is -0.317 e. The van der Waals surface area contributed by atoms with Crippen molar-refractivity contribution >= 4 is 52.5 Å². The molecular weight excluding hydrogens is 394 g/mol. The summed E-state index contributed by atoms with van der Waals surface area (Å²) in [5.74, 6) is -1.04. The van der Waals surface area contributed by atoms with Gasteiger partial charge in [0.2, 0.25) is 0 Å². The quantitative estimate of drug-likeness (QED) is 0.406. The van der Waals surface area contributed by atoms with Crippen molar-refractivity contribution in [2.24, 2.45) is 0 Å². The zero-order chi connectivity index (χ0) is 19.7. The van der Waals surface area contributed by atoms with Crippen molar-refractivity contribution in [3.8, 4) is 5.69 Å². The number of carbonyl (C=O) groups excluding carboxylic acids is 2. The Morgan fingerprint density at radius 3 is 2.43 bits per heavy atom. The molecule has 0 bridgehead atoms. The van der Waals surface area contributed by atoms with Gasteiger partial charge in [0.25, 0.3) is 11.8 Å². The summed E-state index contributed by atoms with van der Waals surface area (Å²) in [5.41, 5.74) is 2.10. The van der Waals surface area contributed by atoms with E-state index >= 15 is 0 Å². The van der Waals surface area contributed by atoms with Crippen molar-refractivity contribution in [1.82, 2.24) is 9.88 Å². The van der Waals surface area contributed by atoms with Crippen LogP contribution >= 0.6 is 23.8 Å². The van der Waals surface area contributed by atoms with Gasteiger partial charge >= 0.3 is 0 Å². The van der Waals surface area contributed by atoms with E-state index in [1.807, 2.05) is 53.2 Å². The number of rotatable bonds is 3. The lowest BCUT2D eigenvalue weighted by Gasteiger charge is -2.29. The molecule has 2 aromatic carbocycles. The number of nitrogens with one attached hydrogen (secondary N) is 1. The van der Waals surface area contributed by atoms with Crippen LogP contribution in [-0.4, -0.2) is 21.5 Å². The van der Waals surface area contributed by atoms with E-state index in [2.05, 4.69) is 5.32 Å². The molecular formula is C21H14ClN3O2S. The highest BCUT2D eigenvalue weighted by atomic mass is 35.5. The molecule has 7 heteroatoms. The third-order valence-corrected chi connectivity index (χ3v) is 4.79. The van der Waals surface area contributed by atoms with Gasteiger partial charge in [0, 0.05) is 22.6 Å². The SMILES string of the molecule is O=C1NC(=S)N(c2cccc(Cl)c2)C(=O)/C1=C/c1cccn1-c1ccccc1. The summed E-state index contributed by atoms with van der Waals surface area (Å²) < 4.78 is 1.89. The van der Waals surface area contributed by atoms with Crippen LogP contribution in [0.3, 0.4) is 0 Å². The molecule has 2 heterocycles. The van der Waals surface area contributed by atoms with Gasteiger partial charge in [-0.3, -0.25) is 19.8 Å². The Morgan fingerprint density at radius 2 is 1.68 bits per heavy atom. The van der Waals surface area contributed by atoms with Gasteiger partial charge in [-0.2, -0.15) is 0 Å². The molecule has 0 aliphatic carbocycles. The molecule has 1 aliphatic rings. The summed E-state index contributed by atoms with van der Waals surface area (Å²) in [6.45, 7) is 0. The summed E-state index contributed by atoms with van der Waals surface area (Å²) in [4.78, 5) is 26.8. The predicted octanol–water partition coefficient (Wildman–Crippen LogP) is 3.96. The molecule has 1 N–H and O–H groups in total. The summed E-state index contributed by atoms with van der Waals surface area (Å²) in [6.07, 6.45) is 3.43. The fraction of sp³-hybridized carbons (Fsp3) is 0. The van der Waals surface area contributed by atoms with Gasteiger partial charge in [-0.25, -0.2) is 0 Å². The molecule has 4 rings (SSSR count). The number of hydrogen-bond donors (Lipinski definition) is 1. The van der Waals surface area contributed by atoms with E-state index in [4.69, 9.17) is 23.8 Å². The largest absolute Gasteiger partial charge is 0.317 e. The maximum atomic E-state index is 13.1. The number of amides is 2. The Morgan fingerprint density at radius 1 is 0.929 bits per heavy atom. The number of nitrogens with zero attached hydrogens (tertiary/aromatic N) is 2. The molecule has 1 saturated heterocycles. The number of carbonyl (C=O) groups is 2. The van der Waals surface area contributed by atoms with E-state index in [1.54, 1.807) is 30.3 Å². The lowest BCUT2D eigenvalue weighted by molar-refractivity contribution is -0.122. The van der Waals surface area contributed by atoms with E-state index in [0.717, 1.165) is 5.69 Å². The second-order valence-electron chi connectivity index (χ2n) is 6.08. The summed E-state index contributed by atoms with van der Waals surface area (Å²) in [5, 5.41) is 3.06. The molecule has 5 nitrogen and oxygen atoms in total. The number of halogens is 1. The minimum absolute atomic E-state index is 0.00976. The summed E-state index contributed by atoms with van der Waals surface area (Å²) >= 11 is 11.2. The van der Waals surface area contributed by atoms with Crippen LogP contribution in [0.5, 0.6) is 0 Å². The third-order valence-electron chi connectivity index (χ3n) is 4.27. The first-order valence-electron chi connectivity index (χ1n) is 8.44. The summed E-state index contributed by atoms with van der Waals surface area (Å²) in [6, 6.07) is 20.1. The number of thiocarbonyl (C=S) groups is 1. The highest BCUT2D eigenvalue weighted by Gasteiger charge is 2.34. The number of benzene rings is 2. The van der Waals surface area contributed by atoms with Crippen molar-refractivity contribution in [2.45, 2.75) is 0 Å². The van der Waals surface area contributed by atoms with Crippen LogP contribution in [0, 0.1) is 0 Å². The van der Waals surface area contributed by atoms with Crippen molar-refractivity contribution in [3.63, 3.8) is 0 Å². The molecule has 1 aliphatic heterocycles. The predicted molar refractivity (Wildman–Crippen MR) is 113 cm³/mol. The Labute approximate surface area is 171 Å². The molecule has 0 radical (unpaired) electrons. The Hall–Kier alpha value is -3.22. The fourth-order valence-electron chi connectivity index (χ4n) is 2.99. The van der Waals surface area contributed by atoms with Crippen molar-refractivity contribution in [3.05, 3.63) is 89.2 Å². The highest BCUT2D eigenvalue weighted by molar-refractivity contribution is 7.80. The summed E-state index contributed by atoms with van der Waals surface area (Å²) in [7, 11) is 0. The molecule has 0 spiro atoms. The van der Waals surface area contributed by atoms with Crippen LogP contribution < -0.4 is 10.2 Å². The Balaban J connectivity index is 1.76. The van der Waals surface area contributed by atoms with Crippen molar-refractivity contribution in [1.29, 1.82) is 0 Å². The lowest BCUT2D eigenvalue weighted by Crippen LogP contribution is -2.54. The van der Waals surface area contributed by atoms with Crippen LogP contribution in [-0.2, 0) is 9.59 Å². The van der Waals surface area contributed by atoms with Gasteiger partial charge in [0.15, 0.2) is 5.11 Å². The molecule has 0 unspecified atom stereocenters. The Bertz CT molecular complexity index is 1120. The number of aromatic nitrogens is 1. The van der Waals surface area contributed by atoms with Crippen molar-refractivity contribution in [2.75, 3.05) is 4.90 Å². The zero-order valence-corrected chi connectivity index (χ0v) is 16.1. The van der Waals surface area contributed by atoms with E-state index < -0.39 is 11.8 Å². The first kappa shape index (κ1) is 18.2. The lowest BCUT2D eigenvalue weighted by atomic mass is 10.1. The standard InChI is InChI=1S/C21H14ClN3O2S/c22-14-6-4-9-17(12-14)25-20(27)18(19(26)23-21(25)28)13-16-10-5-11-24(16)15-7-2-1-3-8-15/h1-13H,(H,23,26,28)/b18-13+. The van der Waals surface area contributed by atoms with Gasteiger partial charge in [-0.1, -0.05) is 35.9 Å². The van der Waals surface area contributed by atoms with Crippen molar-refractivity contribution < 1.29 is 9.59 Å². The van der Waals surface area contributed by atoms with Gasteiger partial charge in [-0.05, 0) is 60.8 Å². The zero-order valence-electron chi connectivity index (χ0n) is 14.5. The molecule has 0 atom stereocenters. The highest BCUT2D eigenvalue weighted by Crippen LogP contribution is 2.25. The van der Waals surface area contributed by atoms with Crippen LogP contribution in [0.2, 0.25) is 5.02 Å². The Kier molecular flexibility index (Phi) is 4.81. The fourth-order valence-corrected chi connectivity index (χ4v) is 3.46. The van der Waals surface area contributed by atoms with E-state index in [0.29, 0.717) is 16.4 Å². The molecule has 3 aromatic rings. The van der Waals surface area contributed by atoms with Crippen LogP contribution in [0.15, 0.2) is 78.5 Å². The molecule has 0 saturated carbocycles. The van der Waals surface area contributed by atoms with Crippen LogP contribution in [0.4, 0.5) is 5.69 Å². The maximum Gasteiger partial charge on any atom is 0.270 e. The molecule has 1 aromatic heterocycles. The second kappa shape index (κ2) is 7.42. The molecule has 2 amide bonds. The number of anilines is 1. The molecule has 138 valence electrons. The van der Waals surface area contributed by atoms with Gasteiger partial charge in [0.05, 0.1) is 5.69 Å². The first-order valence-corrected chi connectivity index (χ1v) is 9.23. The topological polar surface area (TPSA) is 54.3 Å². The second-order valence-corrected chi connectivity index (χ2v) is 6.90. The van der Waals surface area contributed by atoms with E-state index in [1.165, 1.54) is 4.90 Å². The first-order chi connectivity index (χ1) is 13.5. The van der Waals surface area contributed by atoms with E-state index in [9.17, 15) is 9.59 Å². The van der Waals surface area contributed by atoms with Gasteiger partial charge < -0.3 is 4.57 Å². The molecule has 1 fully saturated rings.